The summed E-state index contributed by atoms with van der Waals surface area (Å²) in [5.41, 5.74) is 1.70. The molecule has 36 heavy (non-hydrogen) atoms. The molecule has 3 heterocycles. The molecule has 1 N–H and O–H groups in total. The Bertz CT molecular complexity index is 1070. The van der Waals surface area contributed by atoms with E-state index < -0.39 is 6.04 Å². The molecule has 1 aromatic rings. The predicted molar refractivity (Wildman–Crippen MR) is 133 cm³/mol. The van der Waals surface area contributed by atoms with Gasteiger partial charge in [0, 0.05) is 44.8 Å². The predicted octanol–water partition coefficient (Wildman–Crippen LogP) is 1.58. The van der Waals surface area contributed by atoms with Crippen LogP contribution in [0.1, 0.15) is 37.3 Å². The maximum atomic E-state index is 13.6. The van der Waals surface area contributed by atoms with Gasteiger partial charge >= 0.3 is 6.03 Å². The Balaban J connectivity index is 1.31. The number of nitrogens with one attached hydrogen (secondary N) is 1. The molecule has 1 aromatic carbocycles. The van der Waals surface area contributed by atoms with Crippen molar-refractivity contribution < 1.29 is 23.9 Å². The zero-order chi connectivity index (χ0) is 25.4. The van der Waals surface area contributed by atoms with Crippen molar-refractivity contribution in [3.05, 3.63) is 35.0 Å². The second-order valence-corrected chi connectivity index (χ2v) is 9.90. The topological polar surface area (TPSA) is 94.7 Å². The van der Waals surface area contributed by atoms with Crippen LogP contribution in [0.2, 0.25) is 0 Å². The minimum absolute atomic E-state index is 0.000736. The molecule has 10 nitrogen and oxygen atoms in total. The Hall–Kier alpha value is -3.27. The lowest BCUT2D eigenvalue weighted by atomic mass is 9.94. The number of methoxy groups -OCH3 is 2. The summed E-state index contributed by atoms with van der Waals surface area (Å²) < 4.78 is 11.0. The maximum Gasteiger partial charge on any atom is 0.322 e. The number of ether oxygens (including phenoxy) is 2. The van der Waals surface area contributed by atoms with Crippen molar-refractivity contribution in [1.29, 1.82) is 0 Å². The van der Waals surface area contributed by atoms with E-state index in [-0.39, 0.29) is 30.9 Å². The van der Waals surface area contributed by atoms with Gasteiger partial charge in [-0.05, 0) is 18.9 Å². The molecule has 4 amide bonds. The third-order valence-corrected chi connectivity index (χ3v) is 8.01. The molecule has 0 bridgehead atoms. The fourth-order valence-corrected chi connectivity index (χ4v) is 5.99. The van der Waals surface area contributed by atoms with Crippen LogP contribution in [0, 0.1) is 0 Å². The number of benzene rings is 1. The van der Waals surface area contributed by atoms with Crippen LogP contribution in [0.15, 0.2) is 29.5 Å². The second-order valence-electron chi connectivity index (χ2n) is 9.90. The molecule has 1 unspecified atom stereocenters. The fraction of sp³-hybridized carbons (Fsp3) is 0.577. The fourth-order valence-electron chi connectivity index (χ4n) is 5.99. The highest BCUT2D eigenvalue weighted by Gasteiger charge is 2.44. The molecule has 0 aromatic heterocycles. The third kappa shape index (κ3) is 4.27. The molecule has 1 aliphatic carbocycles. The van der Waals surface area contributed by atoms with Crippen LogP contribution in [0.25, 0.3) is 0 Å². The van der Waals surface area contributed by atoms with Gasteiger partial charge in [-0.15, -0.1) is 0 Å². The monoisotopic (exact) mass is 497 g/mol. The van der Waals surface area contributed by atoms with E-state index in [1.165, 1.54) is 37.7 Å². The summed E-state index contributed by atoms with van der Waals surface area (Å²) in [4.78, 5) is 47.0. The summed E-state index contributed by atoms with van der Waals surface area (Å²) in [5.74, 6) is 0.681. The van der Waals surface area contributed by atoms with Gasteiger partial charge in [0.2, 0.25) is 5.91 Å². The molecule has 0 spiro atoms. The number of piperazine rings is 1. The molecule has 3 aliphatic heterocycles. The SMILES string of the molecule is COc1cccc(C2NC(=O)N(C)C3=C2C(=O)N(CC(=O)N2CCN(C4CCCC4)CC2)C3)c1OC. The quantitative estimate of drug-likeness (QED) is 0.642. The summed E-state index contributed by atoms with van der Waals surface area (Å²) in [6, 6.07) is 5.02. The third-order valence-electron chi connectivity index (χ3n) is 8.01. The molecule has 2 fully saturated rings. The molecule has 1 saturated carbocycles. The van der Waals surface area contributed by atoms with Crippen molar-refractivity contribution in [3.8, 4) is 11.5 Å². The Morgan fingerprint density at radius 1 is 1.06 bits per heavy atom. The number of carbonyl (C=O) groups is 3. The lowest BCUT2D eigenvalue weighted by Gasteiger charge is -2.38. The lowest BCUT2D eigenvalue weighted by Crippen LogP contribution is -2.53. The van der Waals surface area contributed by atoms with E-state index in [0.29, 0.717) is 47.5 Å². The summed E-state index contributed by atoms with van der Waals surface area (Å²) in [7, 11) is 4.72. The largest absolute Gasteiger partial charge is 0.493 e. The lowest BCUT2D eigenvalue weighted by molar-refractivity contribution is -0.139. The first-order valence-electron chi connectivity index (χ1n) is 12.7. The first-order chi connectivity index (χ1) is 17.4. The Morgan fingerprint density at radius 3 is 2.44 bits per heavy atom. The Kier molecular flexibility index (Phi) is 6.79. The van der Waals surface area contributed by atoms with Crippen molar-refractivity contribution in [2.24, 2.45) is 0 Å². The number of likely N-dealkylation sites (N-methyl/N-ethyl adjacent to an activating group) is 1. The summed E-state index contributed by atoms with van der Waals surface area (Å²) in [5, 5.41) is 2.92. The second kappa shape index (κ2) is 10.0. The number of urea groups is 1. The molecule has 5 rings (SSSR count). The van der Waals surface area contributed by atoms with Gasteiger partial charge in [-0.1, -0.05) is 25.0 Å². The van der Waals surface area contributed by atoms with Crippen LogP contribution in [-0.2, 0) is 9.59 Å². The van der Waals surface area contributed by atoms with Gasteiger partial charge in [-0.2, -0.15) is 0 Å². The van der Waals surface area contributed by atoms with E-state index in [4.69, 9.17) is 9.47 Å². The van der Waals surface area contributed by atoms with E-state index in [2.05, 4.69) is 10.2 Å². The molecule has 4 aliphatic rings. The van der Waals surface area contributed by atoms with Crippen LogP contribution in [0.4, 0.5) is 4.79 Å². The standard InChI is InChI=1S/C26H35N5O5/c1-28-19-15-31(16-21(32)30-13-11-29(12-14-30)17-7-4-5-8-17)25(33)22(19)23(27-26(28)34)18-9-6-10-20(35-2)24(18)36-3/h6,9-10,17,23H,4-5,7-8,11-16H2,1-3H3,(H,27,34). The van der Waals surface area contributed by atoms with Crippen molar-refractivity contribution in [2.75, 3.05) is 60.5 Å². The zero-order valence-corrected chi connectivity index (χ0v) is 21.3. The van der Waals surface area contributed by atoms with E-state index in [9.17, 15) is 14.4 Å². The molecule has 194 valence electrons. The van der Waals surface area contributed by atoms with E-state index in [1.807, 2.05) is 11.0 Å². The Labute approximate surface area is 211 Å². The van der Waals surface area contributed by atoms with Crippen molar-refractivity contribution in [2.45, 2.75) is 37.8 Å². The van der Waals surface area contributed by atoms with Gasteiger partial charge in [0.1, 0.15) is 6.54 Å². The van der Waals surface area contributed by atoms with Gasteiger partial charge in [0.05, 0.1) is 38.1 Å². The number of hydrogen-bond donors (Lipinski definition) is 1. The number of hydrogen-bond acceptors (Lipinski definition) is 6. The highest BCUT2D eigenvalue weighted by Crippen LogP contribution is 2.42. The van der Waals surface area contributed by atoms with Crippen LogP contribution >= 0.6 is 0 Å². The highest BCUT2D eigenvalue weighted by molar-refractivity contribution is 6.03. The number of amides is 4. The van der Waals surface area contributed by atoms with Gasteiger partial charge in [0.25, 0.3) is 5.91 Å². The summed E-state index contributed by atoms with van der Waals surface area (Å²) in [6.45, 7) is 3.37. The summed E-state index contributed by atoms with van der Waals surface area (Å²) >= 11 is 0. The van der Waals surface area contributed by atoms with Crippen molar-refractivity contribution >= 4 is 17.8 Å². The van der Waals surface area contributed by atoms with Gasteiger partial charge in [-0.3, -0.25) is 19.4 Å². The molecular formula is C26H35N5O5. The highest BCUT2D eigenvalue weighted by atomic mass is 16.5. The Morgan fingerprint density at radius 2 is 1.78 bits per heavy atom. The minimum atomic E-state index is -0.698. The van der Waals surface area contributed by atoms with E-state index in [0.717, 1.165) is 13.1 Å². The molecular weight excluding hydrogens is 462 g/mol. The van der Waals surface area contributed by atoms with Crippen molar-refractivity contribution in [1.82, 2.24) is 24.9 Å². The average molecular weight is 498 g/mol. The molecule has 10 heteroatoms. The number of carbonyl (C=O) groups excluding carboxylic acids is 3. The smallest absolute Gasteiger partial charge is 0.322 e. The van der Waals surface area contributed by atoms with E-state index >= 15 is 0 Å². The van der Waals surface area contributed by atoms with Crippen LogP contribution in [0.5, 0.6) is 11.5 Å². The maximum absolute atomic E-state index is 13.6. The molecule has 1 saturated heterocycles. The van der Waals surface area contributed by atoms with Crippen LogP contribution in [0.3, 0.4) is 0 Å². The zero-order valence-electron chi connectivity index (χ0n) is 21.3. The number of nitrogens with zero attached hydrogens (tertiary/aromatic N) is 4. The van der Waals surface area contributed by atoms with Gasteiger partial charge < -0.3 is 24.6 Å². The van der Waals surface area contributed by atoms with Gasteiger partial charge in [0.15, 0.2) is 11.5 Å². The van der Waals surface area contributed by atoms with E-state index in [1.54, 1.807) is 31.2 Å². The van der Waals surface area contributed by atoms with Crippen molar-refractivity contribution in [3.63, 3.8) is 0 Å². The number of para-hydroxylation sites is 1. The molecule has 0 radical (unpaired) electrons. The molecule has 1 atom stereocenters. The number of rotatable bonds is 6. The minimum Gasteiger partial charge on any atom is -0.493 e. The average Bonchev–Trinajstić information content (AvgIpc) is 3.55. The van der Waals surface area contributed by atoms with Crippen LogP contribution in [-0.4, -0.2) is 104 Å². The normalized spacial score (nSPS) is 23.3. The van der Waals surface area contributed by atoms with Crippen LogP contribution < -0.4 is 14.8 Å². The first-order valence-corrected chi connectivity index (χ1v) is 12.7. The first kappa shape index (κ1) is 24.4. The van der Waals surface area contributed by atoms with Gasteiger partial charge in [-0.25, -0.2) is 4.79 Å². The summed E-state index contributed by atoms with van der Waals surface area (Å²) in [6.07, 6.45) is 5.11.